The fraction of sp³-hybridized carbons (Fsp3) is 0.150. The zero-order chi connectivity index (χ0) is 20.6. The number of hydrogen-bond acceptors (Lipinski definition) is 5. The van der Waals surface area contributed by atoms with Gasteiger partial charge in [-0.1, -0.05) is 59.2 Å². The molecule has 150 valence electrons. The van der Waals surface area contributed by atoms with Gasteiger partial charge in [0.1, 0.15) is 5.82 Å². The predicted molar refractivity (Wildman–Crippen MR) is 122 cm³/mol. The van der Waals surface area contributed by atoms with E-state index in [4.69, 9.17) is 23.2 Å². The number of benzene rings is 2. The number of hydrogen-bond donors (Lipinski definition) is 1. The third-order valence-corrected chi connectivity index (χ3v) is 6.47. The molecule has 1 aromatic heterocycles. The Hall–Kier alpha value is -1.93. The van der Waals surface area contributed by atoms with Gasteiger partial charge in [0.2, 0.25) is 5.91 Å². The molecule has 0 saturated heterocycles. The second-order valence-corrected chi connectivity index (χ2v) is 8.67. The van der Waals surface area contributed by atoms with Crippen molar-refractivity contribution in [3.05, 3.63) is 77.1 Å². The minimum Gasteiger partial charge on any atom is -0.325 e. The van der Waals surface area contributed by atoms with E-state index in [-0.39, 0.29) is 11.7 Å². The maximum absolute atomic E-state index is 12.3. The summed E-state index contributed by atoms with van der Waals surface area (Å²) in [4.78, 5) is 13.4. The van der Waals surface area contributed by atoms with E-state index in [1.54, 1.807) is 36.0 Å². The van der Waals surface area contributed by atoms with Gasteiger partial charge in [-0.3, -0.25) is 4.79 Å². The topological polar surface area (TPSA) is 59.8 Å². The number of anilines is 1. The first kappa shape index (κ1) is 21.8. The number of halogens is 2. The van der Waals surface area contributed by atoms with Crippen molar-refractivity contribution in [2.45, 2.75) is 22.3 Å². The second-order valence-electron chi connectivity index (χ2n) is 5.87. The van der Waals surface area contributed by atoms with E-state index in [0.29, 0.717) is 33.2 Å². The Morgan fingerprint density at radius 1 is 1.10 bits per heavy atom. The molecule has 0 spiro atoms. The Balaban J connectivity index is 1.60. The number of amides is 1. The van der Waals surface area contributed by atoms with Crippen LogP contribution in [0.5, 0.6) is 0 Å². The van der Waals surface area contributed by atoms with Crippen LogP contribution in [0.15, 0.2) is 71.2 Å². The number of allylic oxidation sites excluding steroid dienone is 1. The lowest BCUT2D eigenvalue weighted by atomic mass is 10.3. The molecule has 29 heavy (non-hydrogen) atoms. The van der Waals surface area contributed by atoms with Crippen LogP contribution in [-0.4, -0.2) is 26.4 Å². The normalized spacial score (nSPS) is 10.7. The summed E-state index contributed by atoms with van der Waals surface area (Å²) in [7, 11) is 0. The molecule has 0 aliphatic heterocycles. The lowest BCUT2D eigenvalue weighted by Gasteiger charge is -2.08. The van der Waals surface area contributed by atoms with E-state index in [9.17, 15) is 4.79 Å². The van der Waals surface area contributed by atoms with Crippen molar-refractivity contribution in [3.63, 3.8) is 0 Å². The largest absolute Gasteiger partial charge is 0.325 e. The average Bonchev–Trinajstić information content (AvgIpc) is 3.10. The molecular weight excluding hydrogens is 447 g/mol. The van der Waals surface area contributed by atoms with Gasteiger partial charge in [-0.25, -0.2) is 0 Å². The number of carbonyl (C=O) groups excluding carboxylic acids is 1. The first-order chi connectivity index (χ1) is 14.1. The zero-order valence-corrected chi connectivity index (χ0v) is 18.5. The van der Waals surface area contributed by atoms with Gasteiger partial charge in [0, 0.05) is 17.1 Å². The molecule has 3 aromatic rings. The van der Waals surface area contributed by atoms with Gasteiger partial charge in [0.15, 0.2) is 5.16 Å². The summed E-state index contributed by atoms with van der Waals surface area (Å²) in [6.07, 6.45) is 1.79. The third kappa shape index (κ3) is 6.27. The molecule has 1 amide bonds. The summed E-state index contributed by atoms with van der Waals surface area (Å²) in [5, 5.41) is 12.9. The third-order valence-electron chi connectivity index (χ3n) is 3.75. The van der Waals surface area contributed by atoms with Crippen LogP contribution >= 0.6 is 46.7 Å². The van der Waals surface area contributed by atoms with Gasteiger partial charge >= 0.3 is 0 Å². The average molecular weight is 465 g/mol. The lowest BCUT2D eigenvalue weighted by Crippen LogP contribution is -2.14. The summed E-state index contributed by atoms with van der Waals surface area (Å²) in [6.45, 7) is 4.39. The Morgan fingerprint density at radius 2 is 1.90 bits per heavy atom. The highest BCUT2D eigenvalue weighted by molar-refractivity contribution is 7.99. The van der Waals surface area contributed by atoms with Crippen LogP contribution in [0.2, 0.25) is 10.0 Å². The fourth-order valence-corrected chi connectivity index (χ4v) is 4.33. The van der Waals surface area contributed by atoms with Crippen LogP contribution in [0.25, 0.3) is 0 Å². The highest BCUT2D eigenvalue weighted by atomic mass is 35.5. The molecule has 0 aliphatic carbocycles. The molecule has 0 bridgehead atoms. The summed E-state index contributed by atoms with van der Waals surface area (Å²) in [5.74, 6) is 1.55. The van der Waals surface area contributed by atoms with Crippen molar-refractivity contribution in [1.82, 2.24) is 14.8 Å². The van der Waals surface area contributed by atoms with Crippen LogP contribution in [0, 0.1) is 0 Å². The Morgan fingerprint density at radius 3 is 2.62 bits per heavy atom. The Labute approximate surface area is 187 Å². The minimum absolute atomic E-state index is 0.165. The van der Waals surface area contributed by atoms with Crippen molar-refractivity contribution >= 4 is 58.3 Å². The molecule has 0 unspecified atom stereocenters. The monoisotopic (exact) mass is 464 g/mol. The molecule has 5 nitrogen and oxygen atoms in total. The number of carbonyl (C=O) groups is 1. The summed E-state index contributed by atoms with van der Waals surface area (Å²) in [6, 6.07) is 15.1. The highest BCUT2D eigenvalue weighted by Crippen LogP contribution is 2.26. The van der Waals surface area contributed by atoms with Gasteiger partial charge < -0.3 is 9.88 Å². The molecule has 0 radical (unpaired) electrons. The van der Waals surface area contributed by atoms with Crippen molar-refractivity contribution in [3.8, 4) is 0 Å². The maximum Gasteiger partial charge on any atom is 0.234 e. The fourth-order valence-electron chi connectivity index (χ4n) is 2.41. The number of nitrogens with zero attached hydrogens (tertiary/aromatic N) is 3. The molecule has 2 aromatic carbocycles. The van der Waals surface area contributed by atoms with E-state index in [1.807, 2.05) is 22.8 Å². The van der Waals surface area contributed by atoms with E-state index in [2.05, 4.69) is 34.2 Å². The number of rotatable bonds is 9. The van der Waals surface area contributed by atoms with E-state index < -0.39 is 0 Å². The molecular formula is C20H18Cl2N4OS2. The zero-order valence-electron chi connectivity index (χ0n) is 15.3. The molecule has 1 N–H and O–H groups in total. The van der Waals surface area contributed by atoms with Crippen LogP contribution < -0.4 is 5.32 Å². The van der Waals surface area contributed by atoms with Crippen LogP contribution in [-0.2, 0) is 17.1 Å². The first-order valence-electron chi connectivity index (χ1n) is 8.65. The quantitative estimate of drug-likeness (QED) is 0.320. The highest BCUT2D eigenvalue weighted by Gasteiger charge is 2.14. The van der Waals surface area contributed by atoms with Crippen LogP contribution in [0.1, 0.15) is 5.82 Å². The van der Waals surface area contributed by atoms with Gasteiger partial charge in [0.25, 0.3) is 0 Å². The van der Waals surface area contributed by atoms with Gasteiger partial charge in [-0.15, -0.1) is 28.5 Å². The molecule has 1 heterocycles. The van der Waals surface area contributed by atoms with Crippen LogP contribution in [0.4, 0.5) is 5.69 Å². The van der Waals surface area contributed by atoms with Gasteiger partial charge in [0.05, 0.1) is 21.6 Å². The summed E-state index contributed by atoms with van der Waals surface area (Å²) >= 11 is 14.9. The maximum atomic E-state index is 12.3. The minimum atomic E-state index is -0.165. The van der Waals surface area contributed by atoms with E-state index in [0.717, 1.165) is 10.7 Å². The molecule has 9 heteroatoms. The molecule has 0 atom stereocenters. The van der Waals surface area contributed by atoms with Gasteiger partial charge in [-0.05, 0) is 30.3 Å². The van der Waals surface area contributed by atoms with E-state index in [1.165, 1.54) is 11.8 Å². The van der Waals surface area contributed by atoms with Gasteiger partial charge in [-0.2, -0.15) is 0 Å². The predicted octanol–water partition coefficient (Wildman–Crippen LogP) is 5.79. The number of aromatic nitrogens is 3. The van der Waals surface area contributed by atoms with Crippen molar-refractivity contribution in [2.24, 2.45) is 0 Å². The molecule has 0 saturated carbocycles. The van der Waals surface area contributed by atoms with E-state index >= 15 is 0 Å². The standard InChI is InChI=1S/C20H18Cl2N4OS2/c1-2-10-26-18(12-28-15-6-4-3-5-7-15)24-25-20(26)29-13-19(27)23-14-8-9-16(21)17(22)11-14/h2-9,11H,1,10,12-13H2,(H,23,27). The number of nitrogens with one attached hydrogen (secondary N) is 1. The van der Waals surface area contributed by atoms with Crippen molar-refractivity contribution in [2.75, 3.05) is 11.1 Å². The first-order valence-corrected chi connectivity index (χ1v) is 11.4. The lowest BCUT2D eigenvalue weighted by molar-refractivity contribution is -0.113. The molecule has 0 aliphatic rings. The molecule has 3 rings (SSSR count). The Bertz CT molecular complexity index is 995. The summed E-state index contributed by atoms with van der Waals surface area (Å²) < 4.78 is 1.97. The van der Waals surface area contributed by atoms with Crippen molar-refractivity contribution < 1.29 is 4.79 Å². The van der Waals surface area contributed by atoms with Crippen LogP contribution in [0.3, 0.4) is 0 Å². The Kier molecular flexibility index (Phi) is 8.06. The smallest absolute Gasteiger partial charge is 0.234 e. The second kappa shape index (κ2) is 10.7. The van der Waals surface area contributed by atoms with Crippen molar-refractivity contribution in [1.29, 1.82) is 0 Å². The molecule has 0 fully saturated rings. The number of thioether (sulfide) groups is 2. The summed E-state index contributed by atoms with van der Waals surface area (Å²) in [5.41, 5.74) is 0.595. The SMILES string of the molecule is C=CCn1c(CSc2ccccc2)nnc1SCC(=O)Nc1ccc(Cl)c(Cl)c1.